The van der Waals surface area contributed by atoms with E-state index in [0.717, 1.165) is 0 Å². The largest absolute Gasteiger partial charge is 0.0587 e. The molecule has 0 aliphatic carbocycles. The first-order chi connectivity index (χ1) is 25.7. The van der Waals surface area contributed by atoms with Crippen molar-refractivity contribution in [1.82, 2.24) is 0 Å². The predicted molar refractivity (Wildman–Crippen MR) is 237 cm³/mol. The van der Waals surface area contributed by atoms with Crippen molar-refractivity contribution in [3.63, 3.8) is 0 Å². The third kappa shape index (κ3) is 6.22. The summed E-state index contributed by atoms with van der Waals surface area (Å²) >= 11 is 0. The summed E-state index contributed by atoms with van der Waals surface area (Å²) in [6.07, 6.45) is 0. The standard InChI is InChI=1S/C54H52/c1-33-11-18-37(19-12-33)47-43-29-17-36(4)31-45(43)49(39-22-15-35(3)16-23-39)51-48(38-20-13-34(2)14-21-38)44-30-28-42(54(8,9)10)32-46(44)50(52(47)51)40-24-26-41(27-25-40)53(5,6)7/h11-32H,1-10H3. The summed E-state index contributed by atoms with van der Waals surface area (Å²) in [5, 5.41) is 7.76. The number of aryl methyl sites for hydroxylation is 4. The average molecular weight is 701 g/mol. The molecule has 0 aliphatic heterocycles. The van der Waals surface area contributed by atoms with E-state index in [4.69, 9.17) is 0 Å². The molecule has 0 fully saturated rings. The Hall–Kier alpha value is -5.46. The highest BCUT2D eigenvalue weighted by Gasteiger charge is 2.27. The van der Waals surface area contributed by atoms with Gasteiger partial charge in [-0.05, 0) is 133 Å². The van der Waals surface area contributed by atoms with Crippen molar-refractivity contribution in [1.29, 1.82) is 0 Å². The predicted octanol–water partition coefficient (Wildman–Crippen LogP) is 15.6. The highest BCUT2D eigenvalue weighted by atomic mass is 14.3. The van der Waals surface area contributed by atoms with Crippen molar-refractivity contribution in [3.8, 4) is 44.5 Å². The van der Waals surface area contributed by atoms with Gasteiger partial charge < -0.3 is 0 Å². The van der Waals surface area contributed by atoms with Crippen molar-refractivity contribution in [2.75, 3.05) is 0 Å². The van der Waals surface area contributed by atoms with E-state index in [-0.39, 0.29) is 10.8 Å². The molecule has 8 rings (SSSR count). The van der Waals surface area contributed by atoms with Gasteiger partial charge in [-0.15, -0.1) is 0 Å². The second-order valence-corrected chi connectivity index (χ2v) is 17.7. The monoisotopic (exact) mass is 700 g/mol. The lowest BCUT2D eigenvalue weighted by atomic mass is 9.76. The van der Waals surface area contributed by atoms with Crippen LogP contribution >= 0.6 is 0 Å². The van der Waals surface area contributed by atoms with Crippen molar-refractivity contribution in [3.05, 3.63) is 167 Å². The third-order valence-corrected chi connectivity index (χ3v) is 11.4. The van der Waals surface area contributed by atoms with E-state index in [9.17, 15) is 0 Å². The summed E-state index contributed by atoms with van der Waals surface area (Å²) in [4.78, 5) is 0. The highest BCUT2D eigenvalue weighted by Crippen LogP contribution is 2.54. The molecule has 0 unspecified atom stereocenters. The second kappa shape index (κ2) is 13.1. The van der Waals surface area contributed by atoms with Gasteiger partial charge in [0, 0.05) is 0 Å². The van der Waals surface area contributed by atoms with Gasteiger partial charge in [-0.3, -0.25) is 0 Å². The highest BCUT2D eigenvalue weighted by molar-refractivity contribution is 6.34. The van der Waals surface area contributed by atoms with Crippen LogP contribution in [0.1, 0.15) is 74.9 Å². The molecule has 0 aliphatic rings. The maximum atomic E-state index is 2.50. The SMILES string of the molecule is Cc1ccc(-c2c3ccc(C)cc3c(-c3ccc(C)cc3)c3c(-c4ccc(C)cc4)c4ccc(C(C)(C)C)cc4c(-c4ccc(C(C)(C)C)cc4)c23)cc1. The lowest BCUT2D eigenvalue weighted by Crippen LogP contribution is -2.11. The normalized spacial score (nSPS) is 12.3. The first kappa shape index (κ1) is 35.6. The molecule has 0 spiro atoms. The fourth-order valence-electron chi connectivity index (χ4n) is 8.30. The van der Waals surface area contributed by atoms with Gasteiger partial charge in [0.1, 0.15) is 0 Å². The number of benzene rings is 8. The van der Waals surface area contributed by atoms with Gasteiger partial charge in [-0.25, -0.2) is 0 Å². The zero-order chi connectivity index (χ0) is 38.1. The maximum Gasteiger partial charge on any atom is -0.000139 e. The molecule has 0 aromatic heterocycles. The number of rotatable bonds is 4. The number of hydrogen-bond acceptors (Lipinski definition) is 0. The van der Waals surface area contributed by atoms with E-state index in [2.05, 4.69) is 203 Å². The minimum atomic E-state index is -0.0196. The first-order valence-electron chi connectivity index (χ1n) is 19.5. The topological polar surface area (TPSA) is 0 Å². The fraction of sp³-hybridized carbons (Fsp3) is 0.222. The molecule has 0 radical (unpaired) electrons. The lowest BCUT2D eigenvalue weighted by molar-refractivity contribution is 0.590. The van der Waals surface area contributed by atoms with E-state index in [1.165, 1.54) is 110 Å². The average Bonchev–Trinajstić information content (AvgIpc) is 3.13. The number of hydrogen-bond donors (Lipinski definition) is 0. The van der Waals surface area contributed by atoms with Crippen LogP contribution in [0, 0.1) is 27.7 Å². The van der Waals surface area contributed by atoms with Crippen molar-refractivity contribution < 1.29 is 0 Å². The van der Waals surface area contributed by atoms with Gasteiger partial charge >= 0.3 is 0 Å². The van der Waals surface area contributed by atoms with Crippen LogP contribution in [-0.2, 0) is 10.8 Å². The maximum absolute atomic E-state index is 2.50. The van der Waals surface area contributed by atoms with Crippen LogP contribution in [0.2, 0.25) is 0 Å². The van der Waals surface area contributed by atoms with Gasteiger partial charge in [0.25, 0.3) is 0 Å². The zero-order valence-corrected chi connectivity index (χ0v) is 33.7. The molecule has 0 N–H and O–H groups in total. The summed E-state index contributed by atoms with van der Waals surface area (Å²) in [6.45, 7) is 22.7. The minimum Gasteiger partial charge on any atom is -0.0587 e. The summed E-state index contributed by atoms with van der Waals surface area (Å²) in [7, 11) is 0. The molecule has 0 bridgehead atoms. The third-order valence-electron chi connectivity index (χ3n) is 11.4. The Kier molecular flexibility index (Phi) is 8.65. The molecule has 54 heavy (non-hydrogen) atoms. The van der Waals surface area contributed by atoms with Crippen LogP contribution in [0.4, 0.5) is 0 Å². The first-order valence-corrected chi connectivity index (χ1v) is 19.5. The molecular formula is C54H52. The molecule has 0 saturated carbocycles. The van der Waals surface area contributed by atoms with E-state index < -0.39 is 0 Å². The van der Waals surface area contributed by atoms with E-state index in [1.807, 2.05) is 0 Å². The molecule has 8 aromatic carbocycles. The van der Waals surface area contributed by atoms with E-state index >= 15 is 0 Å². The Morgan fingerprint density at radius 3 is 0.963 bits per heavy atom. The Labute approximate surface area is 322 Å². The molecule has 0 nitrogen and oxygen atoms in total. The summed E-state index contributed by atoms with van der Waals surface area (Å²) in [5.74, 6) is 0. The Bertz CT molecular complexity index is 2690. The summed E-state index contributed by atoms with van der Waals surface area (Å²) in [5.41, 5.74) is 17.9. The Morgan fingerprint density at radius 1 is 0.278 bits per heavy atom. The summed E-state index contributed by atoms with van der Waals surface area (Å²) < 4.78 is 0. The van der Waals surface area contributed by atoms with Crippen molar-refractivity contribution >= 4 is 32.3 Å². The van der Waals surface area contributed by atoms with Crippen LogP contribution in [0.25, 0.3) is 76.8 Å². The van der Waals surface area contributed by atoms with Crippen LogP contribution in [0.3, 0.4) is 0 Å². The quantitative estimate of drug-likeness (QED) is 0.160. The molecule has 268 valence electrons. The second-order valence-electron chi connectivity index (χ2n) is 17.7. The van der Waals surface area contributed by atoms with Gasteiger partial charge in [-0.2, -0.15) is 0 Å². The van der Waals surface area contributed by atoms with Gasteiger partial charge in [0.2, 0.25) is 0 Å². The lowest BCUT2D eigenvalue weighted by Gasteiger charge is -2.27. The van der Waals surface area contributed by atoms with Crippen LogP contribution in [0.15, 0.2) is 133 Å². The fourth-order valence-corrected chi connectivity index (χ4v) is 8.30. The Morgan fingerprint density at radius 2 is 0.574 bits per heavy atom. The van der Waals surface area contributed by atoms with Crippen LogP contribution in [-0.4, -0.2) is 0 Å². The zero-order valence-electron chi connectivity index (χ0n) is 33.7. The molecule has 0 atom stereocenters. The van der Waals surface area contributed by atoms with Crippen molar-refractivity contribution in [2.45, 2.75) is 80.1 Å². The Balaban J connectivity index is 1.74. The minimum absolute atomic E-state index is 0.0196. The molecule has 8 aromatic rings. The molecule has 0 heteroatoms. The van der Waals surface area contributed by atoms with Crippen LogP contribution in [0.5, 0.6) is 0 Å². The van der Waals surface area contributed by atoms with E-state index in [1.54, 1.807) is 0 Å². The molecule has 0 heterocycles. The molecule has 0 saturated heterocycles. The van der Waals surface area contributed by atoms with Gasteiger partial charge in [-0.1, -0.05) is 191 Å². The molecule has 0 amide bonds. The van der Waals surface area contributed by atoms with Gasteiger partial charge in [0.05, 0.1) is 0 Å². The summed E-state index contributed by atoms with van der Waals surface area (Å²) in [6, 6.07) is 51.5. The smallest absolute Gasteiger partial charge is 0.000139 e. The van der Waals surface area contributed by atoms with E-state index in [0.29, 0.717) is 0 Å². The van der Waals surface area contributed by atoms with Crippen LogP contribution < -0.4 is 0 Å². The number of fused-ring (bicyclic) bond motifs is 3. The van der Waals surface area contributed by atoms with Crippen molar-refractivity contribution in [2.24, 2.45) is 0 Å². The molecular weight excluding hydrogens is 649 g/mol. The van der Waals surface area contributed by atoms with Gasteiger partial charge in [0.15, 0.2) is 0 Å².